The molecule has 0 bridgehead atoms. The van der Waals surface area contributed by atoms with Crippen molar-refractivity contribution in [3.63, 3.8) is 0 Å². The van der Waals surface area contributed by atoms with Crippen LogP contribution < -0.4 is 0 Å². The predicted molar refractivity (Wildman–Crippen MR) is 402 cm³/mol. The first-order valence-corrected chi connectivity index (χ1v) is 35.0. The third-order valence-corrected chi connectivity index (χ3v) is 17.3. The second-order valence-electron chi connectivity index (χ2n) is 29.2. The summed E-state index contributed by atoms with van der Waals surface area (Å²) in [6.07, 6.45) is 0. The van der Waals surface area contributed by atoms with Crippen LogP contribution in [-0.2, 0) is 0 Å². The maximum atomic E-state index is 13.5. The molecule has 0 heterocycles. The van der Waals surface area contributed by atoms with Crippen molar-refractivity contribution in [1.29, 1.82) is 0 Å². The van der Waals surface area contributed by atoms with E-state index in [0.717, 1.165) is 32.3 Å². The Hall–Kier alpha value is -5.02. The molecule has 0 saturated carbocycles. The number of rotatable bonds is 14. The van der Waals surface area contributed by atoms with Crippen LogP contribution in [0.15, 0.2) is 133 Å². The van der Waals surface area contributed by atoms with Crippen LogP contribution >= 0.6 is 23.2 Å². The number of benzene rings is 7. The fourth-order valence-electron chi connectivity index (χ4n) is 10.2. The van der Waals surface area contributed by atoms with Crippen LogP contribution in [0.25, 0.3) is 0 Å². The first-order chi connectivity index (χ1) is 41.7. The van der Waals surface area contributed by atoms with Gasteiger partial charge >= 0.3 is 0 Å². The van der Waals surface area contributed by atoms with Gasteiger partial charge in [0.2, 0.25) is 0 Å². The highest BCUT2D eigenvalue weighted by Gasteiger charge is 2.13. The van der Waals surface area contributed by atoms with E-state index in [2.05, 4.69) is 277 Å². The molecular weight excluding hydrogens is 1140 g/mol. The summed E-state index contributed by atoms with van der Waals surface area (Å²) in [5, 5.41) is 1.81. The van der Waals surface area contributed by atoms with Gasteiger partial charge in [-0.1, -0.05) is 326 Å². The molecule has 0 aliphatic rings. The van der Waals surface area contributed by atoms with E-state index < -0.39 is 0 Å². The van der Waals surface area contributed by atoms with Crippen molar-refractivity contribution >= 4 is 23.2 Å². The van der Waals surface area contributed by atoms with Crippen molar-refractivity contribution in [1.82, 2.24) is 0 Å². The van der Waals surface area contributed by atoms with Crippen molar-refractivity contribution in [3.8, 4) is 0 Å². The Morgan fingerprint density at radius 1 is 0.200 bits per heavy atom. The van der Waals surface area contributed by atoms with Gasteiger partial charge in [0.15, 0.2) is 0 Å². The number of hydrogen-bond donors (Lipinski definition) is 0. The largest absolute Gasteiger partial charge is 0.207 e. The smallest absolute Gasteiger partial charge is 0.126 e. The first-order valence-electron chi connectivity index (χ1n) is 34.2. The van der Waals surface area contributed by atoms with E-state index in [1.54, 1.807) is 12.1 Å². The van der Waals surface area contributed by atoms with Crippen molar-refractivity contribution < 1.29 is 8.78 Å². The zero-order valence-corrected chi connectivity index (χ0v) is 63.8. The molecule has 7 rings (SSSR count). The van der Waals surface area contributed by atoms with Crippen LogP contribution in [0.1, 0.15) is 366 Å². The summed E-state index contributed by atoms with van der Waals surface area (Å²) in [4.78, 5) is 0. The Balaban J connectivity index is 0.000000525. The van der Waals surface area contributed by atoms with Crippen LogP contribution in [0.5, 0.6) is 0 Å². The predicted octanol–water partition coefficient (Wildman–Crippen LogP) is 29.7. The Morgan fingerprint density at radius 3 is 0.533 bits per heavy atom. The molecule has 0 aliphatic carbocycles. The van der Waals surface area contributed by atoms with E-state index in [1.807, 2.05) is 52.0 Å². The van der Waals surface area contributed by atoms with Gasteiger partial charge in [0, 0.05) is 10.0 Å². The first kappa shape index (κ1) is 83.0. The van der Waals surface area contributed by atoms with E-state index in [0.29, 0.717) is 71.0 Å². The molecule has 0 aromatic heterocycles. The second-order valence-corrected chi connectivity index (χ2v) is 30.0. The monoisotopic (exact) mass is 1270 g/mol. The molecule has 90 heavy (non-hydrogen) atoms. The van der Waals surface area contributed by atoms with Gasteiger partial charge in [-0.15, -0.1) is 0 Å². The summed E-state index contributed by atoms with van der Waals surface area (Å²) < 4.78 is 26.9. The fourth-order valence-corrected chi connectivity index (χ4v) is 11.0. The summed E-state index contributed by atoms with van der Waals surface area (Å²) >= 11 is 12.3. The van der Waals surface area contributed by atoms with Crippen molar-refractivity contribution in [3.05, 3.63) is 244 Å². The van der Waals surface area contributed by atoms with Gasteiger partial charge in [-0.2, -0.15) is 0 Å². The van der Waals surface area contributed by atoms with Gasteiger partial charge in [-0.3, -0.25) is 0 Å². The molecule has 0 radical (unpaired) electrons. The van der Waals surface area contributed by atoms with Crippen LogP contribution in [0.3, 0.4) is 0 Å². The lowest BCUT2D eigenvalue weighted by Crippen LogP contribution is -1.96. The molecule has 7 aromatic rings. The molecule has 0 saturated heterocycles. The molecule has 7 aromatic carbocycles. The maximum Gasteiger partial charge on any atom is 0.126 e. The highest BCUT2D eigenvalue weighted by atomic mass is 35.5. The molecule has 0 nitrogen and oxygen atoms in total. The van der Waals surface area contributed by atoms with E-state index in [4.69, 9.17) is 23.2 Å². The molecule has 0 N–H and O–H groups in total. The molecular formula is C86H126Cl2F2. The molecule has 0 amide bonds. The van der Waals surface area contributed by atoms with Gasteiger partial charge in [-0.25, -0.2) is 8.78 Å². The Bertz CT molecular complexity index is 2640. The molecule has 0 unspecified atom stereocenters. The second kappa shape index (κ2) is 40.8. The van der Waals surface area contributed by atoms with Crippen molar-refractivity contribution in [2.45, 2.75) is 291 Å². The lowest BCUT2D eigenvalue weighted by Gasteiger charge is -2.13. The number of halogens is 4. The molecule has 0 fully saturated rings. The van der Waals surface area contributed by atoms with Crippen molar-refractivity contribution in [2.75, 3.05) is 0 Å². The topological polar surface area (TPSA) is 0 Å². The van der Waals surface area contributed by atoms with Gasteiger partial charge in [0.25, 0.3) is 0 Å². The Morgan fingerprint density at radius 2 is 0.367 bits per heavy atom. The zero-order chi connectivity index (χ0) is 69.2. The van der Waals surface area contributed by atoms with Crippen LogP contribution in [0.4, 0.5) is 8.78 Å². The number of aryl methyl sites for hydroxylation is 2. The average Bonchev–Trinajstić information content (AvgIpc) is 2.71. The minimum absolute atomic E-state index is 0.0683. The third kappa shape index (κ3) is 28.9. The van der Waals surface area contributed by atoms with E-state index in [9.17, 15) is 8.78 Å². The molecule has 0 spiro atoms. The minimum Gasteiger partial charge on any atom is -0.207 e. The summed E-state index contributed by atoms with van der Waals surface area (Å²) in [5.74, 6) is 7.16. The Kier molecular flexibility index (Phi) is 37.7. The maximum absolute atomic E-state index is 13.5. The highest BCUT2D eigenvalue weighted by molar-refractivity contribution is 6.31. The fraction of sp³-hybridized carbons (Fsp3) is 0.512. The van der Waals surface area contributed by atoms with Gasteiger partial charge in [0.1, 0.15) is 11.6 Å². The molecule has 498 valence electrons. The molecule has 0 atom stereocenters. The Labute approximate surface area is 563 Å². The summed E-state index contributed by atoms with van der Waals surface area (Å²) in [7, 11) is 0. The molecule has 0 aliphatic heterocycles. The van der Waals surface area contributed by atoms with E-state index in [-0.39, 0.29) is 23.5 Å². The van der Waals surface area contributed by atoms with Gasteiger partial charge in [-0.05, 0) is 210 Å². The summed E-state index contributed by atoms with van der Waals surface area (Å²) in [6, 6.07) is 46.6. The lowest BCUT2D eigenvalue weighted by molar-refractivity contribution is 0.594. The average molecular weight is 1270 g/mol. The quantitative estimate of drug-likeness (QED) is 0.102. The van der Waals surface area contributed by atoms with Crippen LogP contribution in [-0.4, -0.2) is 0 Å². The van der Waals surface area contributed by atoms with Crippen molar-refractivity contribution in [2.24, 2.45) is 0 Å². The van der Waals surface area contributed by atoms with E-state index >= 15 is 0 Å². The van der Waals surface area contributed by atoms with E-state index in [1.165, 1.54) is 66.8 Å². The highest BCUT2D eigenvalue weighted by Crippen LogP contribution is 2.31. The summed E-state index contributed by atoms with van der Waals surface area (Å²) in [5.41, 5.74) is 20.4. The third-order valence-electron chi connectivity index (χ3n) is 16.7. The van der Waals surface area contributed by atoms with Crippen LogP contribution in [0, 0.1) is 25.5 Å². The minimum atomic E-state index is -0.0683. The van der Waals surface area contributed by atoms with Crippen LogP contribution in [0.2, 0.25) is 10.0 Å². The summed E-state index contributed by atoms with van der Waals surface area (Å²) in [6.45, 7) is 65.0. The zero-order valence-electron chi connectivity index (χ0n) is 62.3. The standard InChI is InChI=1S/2C13H20.2C12H17Cl.2C12H17F.C12H18/c2*1-9(2)12-6-7-13(10(3)4)11(5)8-12;4*1-8(2)10-5-6-11(9(3)4)12(13)7-10;1-9(2)11-5-7-12(8-6-11)10(3)4/h2*6-10H,1-5H3;4*5-9H,1-4H3;5-10H,1-4H3. The lowest BCUT2D eigenvalue weighted by atomic mass is 9.93. The number of hydrogen-bond acceptors (Lipinski definition) is 0. The van der Waals surface area contributed by atoms with Gasteiger partial charge in [0.05, 0.1) is 0 Å². The normalized spacial score (nSPS) is 11.3. The SMILES string of the molecule is CC(C)c1ccc(C(C)C)c(Cl)c1.CC(C)c1ccc(C(C)C)c(Cl)c1.CC(C)c1ccc(C(C)C)c(F)c1.CC(C)c1ccc(C(C)C)c(F)c1.CC(C)c1ccc(C(C)C)cc1.Cc1cc(C(C)C)ccc1C(C)C.Cc1cc(C(C)C)ccc1C(C)C. The molecule has 4 heteroatoms. The van der Waals surface area contributed by atoms with Gasteiger partial charge < -0.3 is 0 Å².